The fourth-order valence-electron chi connectivity index (χ4n) is 1.10. The highest BCUT2D eigenvalue weighted by atomic mass is 79.9. The van der Waals surface area contributed by atoms with E-state index in [1.54, 1.807) is 6.92 Å². The Bertz CT molecular complexity index is 477. The Hall–Kier alpha value is -1.12. The largest absolute Gasteiger partial charge is 0.376 e. The number of aryl methyl sites for hydroxylation is 1. The Labute approximate surface area is 108 Å². The number of alkyl halides is 4. The summed E-state index contributed by atoms with van der Waals surface area (Å²) in [5.74, 6) is -4.17. The average Bonchev–Trinajstić information content (AvgIpc) is 2.31. The summed E-state index contributed by atoms with van der Waals surface area (Å²) in [5, 5.41) is 5.76. The van der Waals surface area contributed by atoms with Crippen molar-refractivity contribution >= 4 is 21.6 Å². The molecule has 0 saturated heterocycles. The monoisotopic (exact) mass is 331 g/mol. The van der Waals surface area contributed by atoms with Gasteiger partial charge < -0.3 is 5.32 Å². The van der Waals surface area contributed by atoms with E-state index in [0.717, 1.165) is 10.9 Å². The van der Waals surface area contributed by atoms with Gasteiger partial charge in [0.25, 0.3) is 5.56 Å². The minimum Gasteiger partial charge on any atom is -0.376 e. The van der Waals surface area contributed by atoms with Gasteiger partial charge in [-0.2, -0.15) is 13.9 Å². The van der Waals surface area contributed by atoms with Crippen LogP contribution in [0.2, 0.25) is 0 Å². The van der Waals surface area contributed by atoms with Gasteiger partial charge in [-0.1, -0.05) is 0 Å². The van der Waals surface area contributed by atoms with Crippen LogP contribution in [-0.4, -0.2) is 28.7 Å². The van der Waals surface area contributed by atoms with Crippen molar-refractivity contribution in [3.8, 4) is 0 Å². The number of hydrogen-bond donors (Lipinski definition) is 1. The van der Waals surface area contributed by atoms with Gasteiger partial charge in [-0.3, -0.25) is 4.79 Å². The van der Waals surface area contributed by atoms with Crippen LogP contribution in [0.1, 0.15) is 6.92 Å². The highest BCUT2D eigenvalue weighted by molar-refractivity contribution is 9.10. The molecule has 0 aliphatic rings. The maximum Gasteiger partial charge on any atom is 0.324 e. The minimum atomic E-state index is -4.17. The molecular weight excluding hydrogens is 322 g/mol. The molecule has 1 aromatic heterocycles. The van der Waals surface area contributed by atoms with Gasteiger partial charge in [-0.15, -0.1) is 0 Å². The smallest absolute Gasteiger partial charge is 0.324 e. The number of halogens is 5. The number of hydrogen-bond acceptors (Lipinski definition) is 3. The lowest BCUT2D eigenvalue weighted by Crippen LogP contribution is -2.35. The predicted octanol–water partition coefficient (Wildman–Crippen LogP) is 2.34. The molecule has 0 unspecified atom stereocenters. The topological polar surface area (TPSA) is 46.9 Å². The van der Waals surface area contributed by atoms with Gasteiger partial charge in [-0.25, -0.2) is 13.5 Å². The highest BCUT2D eigenvalue weighted by Gasteiger charge is 2.40. The first-order valence-electron chi connectivity index (χ1n) is 4.95. The summed E-state index contributed by atoms with van der Waals surface area (Å²) in [6, 6.07) is 0. The van der Waals surface area contributed by atoms with E-state index in [0.29, 0.717) is 6.54 Å². The lowest BCUT2D eigenvalue weighted by atomic mass is 10.3. The van der Waals surface area contributed by atoms with E-state index < -0.39 is 24.5 Å². The van der Waals surface area contributed by atoms with Gasteiger partial charge >= 0.3 is 12.3 Å². The van der Waals surface area contributed by atoms with E-state index in [1.807, 2.05) is 0 Å². The molecular formula is C9H10BrF4N3O. The van der Waals surface area contributed by atoms with Crippen molar-refractivity contribution in [1.29, 1.82) is 0 Å². The van der Waals surface area contributed by atoms with Crippen LogP contribution < -0.4 is 10.9 Å². The molecule has 0 radical (unpaired) electrons. The van der Waals surface area contributed by atoms with Crippen LogP contribution in [0.5, 0.6) is 0 Å². The van der Waals surface area contributed by atoms with Gasteiger partial charge in [0.05, 0.1) is 18.4 Å². The standard InChI is InChI=1S/C9H10BrF4N3O/c1-2-17-7(18)6(10)5(3-16-17)15-4-9(13,14)8(11)12/h3,8,15H,2,4H2,1H3. The summed E-state index contributed by atoms with van der Waals surface area (Å²) in [6.45, 7) is 0.713. The van der Waals surface area contributed by atoms with Crippen LogP contribution in [0, 0.1) is 0 Å². The average molecular weight is 332 g/mol. The van der Waals surface area contributed by atoms with E-state index >= 15 is 0 Å². The first kappa shape index (κ1) is 14.9. The van der Waals surface area contributed by atoms with Gasteiger partial charge in [0.1, 0.15) is 4.47 Å². The quantitative estimate of drug-likeness (QED) is 0.842. The molecule has 1 N–H and O–H groups in total. The lowest BCUT2D eigenvalue weighted by Gasteiger charge is -2.17. The van der Waals surface area contributed by atoms with Crippen molar-refractivity contribution in [1.82, 2.24) is 9.78 Å². The molecule has 0 atom stereocenters. The van der Waals surface area contributed by atoms with Crippen LogP contribution in [0.15, 0.2) is 15.5 Å². The molecule has 4 nitrogen and oxygen atoms in total. The van der Waals surface area contributed by atoms with Crippen LogP contribution >= 0.6 is 15.9 Å². The number of rotatable bonds is 5. The third kappa shape index (κ3) is 3.21. The zero-order chi connectivity index (χ0) is 13.9. The van der Waals surface area contributed by atoms with Crippen LogP contribution in [0.4, 0.5) is 23.2 Å². The van der Waals surface area contributed by atoms with Crippen molar-refractivity contribution in [3.63, 3.8) is 0 Å². The van der Waals surface area contributed by atoms with Crippen molar-refractivity contribution in [2.45, 2.75) is 25.8 Å². The molecule has 0 aliphatic heterocycles. The normalized spacial score (nSPS) is 11.9. The molecule has 0 saturated carbocycles. The predicted molar refractivity (Wildman–Crippen MR) is 61.3 cm³/mol. The molecule has 0 fully saturated rings. The molecule has 0 aromatic carbocycles. The van der Waals surface area contributed by atoms with Crippen LogP contribution in [0.3, 0.4) is 0 Å². The summed E-state index contributed by atoms with van der Waals surface area (Å²) in [6.07, 6.45) is -2.65. The zero-order valence-corrected chi connectivity index (χ0v) is 10.8. The van der Waals surface area contributed by atoms with Crippen molar-refractivity contribution in [2.24, 2.45) is 0 Å². The van der Waals surface area contributed by atoms with E-state index in [2.05, 4.69) is 26.3 Å². The molecule has 9 heteroatoms. The molecule has 18 heavy (non-hydrogen) atoms. The number of nitrogens with zero attached hydrogens (tertiary/aromatic N) is 2. The van der Waals surface area contributed by atoms with Crippen LogP contribution in [0.25, 0.3) is 0 Å². The maximum absolute atomic E-state index is 12.7. The van der Waals surface area contributed by atoms with Gasteiger partial charge in [-0.05, 0) is 22.9 Å². The van der Waals surface area contributed by atoms with Crippen molar-refractivity contribution in [2.75, 3.05) is 11.9 Å². The summed E-state index contributed by atoms with van der Waals surface area (Å²) in [7, 11) is 0. The minimum absolute atomic E-state index is 0.0237. The Morgan fingerprint density at radius 3 is 2.67 bits per heavy atom. The van der Waals surface area contributed by atoms with E-state index in [1.165, 1.54) is 0 Å². The molecule has 1 aromatic rings. The molecule has 1 rings (SSSR count). The fourth-order valence-corrected chi connectivity index (χ4v) is 1.55. The molecule has 0 amide bonds. The number of nitrogens with one attached hydrogen (secondary N) is 1. The summed E-state index contributed by atoms with van der Waals surface area (Å²) >= 11 is 2.91. The molecule has 0 spiro atoms. The first-order valence-corrected chi connectivity index (χ1v) is 5.74. The van der Waals surface area contributed by atoms with E-state index in [-0.39, 0.29) is 10.2 Å². The van der Waals surface area contributed by atoms with Crippen molar-refractivity contribution < 1.29 is 17.6 Å². The summed E-state index contributed by atoms with van der Waals surface area (Å²) in [4.78, 5) is 11.6. The summed E-state index contributed by atoms with van der Waals surface area (Å²) in [5.41, 5.74) is -0.576. The SMILES string of the molecule is CCn1ncc(NCC(F)(F)C(F)F)c(Br)c1=O. The number of anilines is 1. The molecule has 102 valence electrons. The zero-order valence-electron chi connectivity index (χ0n) is 9.26. The second kappa shape index (κ2) is 5.68. The van der Waals surface area contributed by atoms with Gasteiger partial charge in [0, 0.05) is 6.54 Å². The van der Waals surface area contributed by atoms with Gasteiger partial charge in [0.2, 0.25) is 0 Å². The second-order valence-electron chi connectivity index (χ2n) is 3.41. The third-order valence-electron chi connectivity index (χ3n) is 2.12. The Morgan fingerprint density at radius 1 is 1.56 bits per heavy atom. The summed E-state index contributed by atoms with van der Waals surface area (Å²) < 4.78 is 50.3. The van der Waals surface area contributed by atoms with Crippen LogP contribution in [-0.2, 0) is 6.54 Å². The Balaban J connectivity index is 2.88. The highest BCUT2D eigenvalue weighted by Crippen LogP contribution is 2.24. The number of aromatic nitrogens is 2. The second-order valence-corrected chi connectivity index (χ2v) is 4.20. The van der Waals surface area contributed by atoms with Crippen molar-refractivity contribution in [3.05, 3.63) is 21.0 Å². The third-order valence-corrected chi connectivity index (χ3v) is 2.88. The fraction of sp³-hybridized carbons (Fsp3) is 0.556. The molecule has 0 aliphatic carbocycles. The first-order chi connectivity index (χ1) is 8.29. The maximum atomic E-state index is 12.7. The van der Waals surface area contributed by atoms with E-state index in [4.69, 9.17) is 0 Å². The lowest BCUT2D eigenvalue weighted by molar-refractivity contribution is -0.117. The molecule has 1 heterocycles. The Kier molecular flexibility index (Phi) is 4.71. The van der Waals surface area contributed by atoms with Gasteiger partial charge in [0.15, 0.2) is 0 Å². The molecule has 0 bridgehead atoms. The Morgan fingerprint density at radius 2 is 2.17 bits per heavy atom. The van der Waals surface area contributed by atoms with E-state index in [9.17, 15) is 22.4 Å².